The Balaban J connectivity index is 2.56. The molecule has 0 heterocycles. The molecule has 0 fully saturated rings. The molecule has 0 aliphatic heterocycles. The average Bonchev–Trinajstić information content (AvgIpc) is 2.39. The molecule has 0 atom stereocenters. The molecule has 0 aromatic heterocycles. The van der Waals surface area contributed by atoms with E-state index in [1.165, 1.54) is 0 Å². The lowest BCUT2D eigenvalue weighted by molar-refractivity contribution is -0.137. The SMILES string of the molecule is CCCCOC(=O)c1ccc(OC(=O)C(C)C)cc1. The molecule has 0 unspecified atom stereocenters. The molecule has 1 aromatic carbocycles. The highest BCUT2D eigenvalue weighted by molar-refractivity contribution is 5.89. The van der Waals surface area contributed by atoms with Crippen LogP contribution in [-0.2, 0) is 9.53 Å². The van der Waals surface area contributed by atoms with E-state index in [2.05, 4.69) is 0 Å². The Morgan fingerprint density at radius 3 is 2.32 bits per heavy atom. The van der Waals surface area contributed by atoms with Crippen LogP contribution in [0, 0.1) is 5.92 Å². The predicted molar refractivity (Wildman–Crippen MR) is 72.1 cm³/mol. The smallest absolute Gasteiger partial charge is 0.338 e. The van der Waals surface area contributed by atoms with Crippen molar-refractivity contribution >= 4 is 11.9 Å². The van der Waals surface area contributed by atoms with Crippen molar-refractivity contribution in [3.63, 3.8) is 0 Å². The lowest BCUT2D eigenvalue weighted by atomic mass is 10.2. The molecule has 0 aliphatic carbocycles. The van der Waals surface area contributed by atoms with Gasteiger partial charge in [-0.05, 0) is 30.7 Å². The maximum atomic E-state index is 11.6. The Labute approximate surface area is 113 Å². The van der Waals surface area contributed by atoms with Gasteiger partial charge >= 0.3 is 11.9 Å². The summed E-state index contributed by atoms with van der Waals surface area (Å²) in [5, 5.41) is 0. The quantitative estimate of drug-likeness (QED) is 0.450. The van der Waals surface area contributed by atoms with Crippen LogP contribution in [-0.4, -0.2) is 18.5 Å². The Morgan fingerprint density at radius 1 is 1.16 bits per heavy atom. The third kappa shape index (κ3) is 5.12. The molecular weight excluding hydrogens is 244 g/mol. The lowest BCUT2D eigenvalue weighted by Crippen LogP contribution is -2.14. The largest absolute Gasteiger partial charge is 0.462 e. The fourth-order valence-electron chi connectivity index (χ4n) is 1.29. The van der Waals surface area contributed by atoms with Crippen LogP contribution in [0.1, 0.15) is 44.0 Å². The van der Waals surface area contributed by atoms with E-state index in [-0.39, 0.29) is 17.9 Å². The minimum absolute atomic E-state index is 0.182. The fraction of sp³-hybridized carbons (Fsp3) is 0.467. The van der Waals surface area contributed by atoms with E-state index in [1.807, 2.05) is 6.92 Å². The van der Waals surface area contributed by atoms with Crippen molar-refractivity contribution in [3.8, 4) is 5.75 Å². The van der Waals surface area contributed by atoms with Crippen molar-refractivity contribution in [1.29, 1.82) is 0 Å². The van der Waals surface area contributed by atoms with Gasteiger partial charge in [0.05, 0.1) is 18.1 Å². The second-order valence-electron chi connectivity index (χ2n) is 4.59. The topological polar surface area (TPSA) is 52.6 Å². The van der Waals surface area contributed by atoms with Crippen molar-refractivity contribution in [1.82, 2.24) is 0 Å². The summed E-state index contributed by atoms with van der Waals surface area (Å²) in [5.41, 5.74) is 0.459. The molecule has 0 saturated heterocycles. The molecule has 0 bridgehead atoms. The monoisotopic (exact) mass is 264 g/mol. The average molecular weight is 264 g/mol. The molecule has 0 aliphatic rings. The van der Waals surface area contributed by atoms with E-state index < -0.39 is 0 Å². The minimum Gasteiger partial charge on any atom is -0.462 e. The van der Waals surface area contributed by atoms with E-state index in [1.54, 1.807) is 38.1 Å². The van der Waals surface area contributed by atoms with Crippen molar-refractivity contribution in [2.24, 2.45) is 5.92 Å². The zero-order chi connectivity index (χ0) is 14.3. The van der Waals surface area contributed by atoms with Crippen LogP contribution < -0.4 is 4.74 Å². The van der Waals surface area contributed by atoms with Crippen LogP contribution in [0.15, 0.2) is 24.3 Å². The maximum absolute atomic E-state index is 11.6. The highest BCUT2D eigenvalue weighted by Crippen LogP contribution is 2.14. The second-order valence-corrected chi connectivity index (χ2v) is 4.59. The number of ether oxygens (including phenoxy) is 2. The molecule has 0 spiro atoms. The molecule has 1 rings (SSSR count). The van der Waals surface area contributed by atoms with Crippen molar-refractivity contribution in [2.45, 2.75) is 33.6 Å². The number of hydrogen-bond donors (Lipinski definition) is 0. The van der Waals surface area contributed by atoms with Crippen molar-refractivity contribution < 1.29 is 19.1 Å². The number of rotatable bonds is 6. The molecule has 0 amide bonds. The second kappa shape index (κ2) is 7.56. The van der Waals surface area contributed by atoms with Crippen LogP contribution >= 0.6 is 0 Å². The molecule has 19 heavy (non-hydrogen) atoms. The van der Waals surface area contributed by atoms with Gasteiger partial charge in [-0.1, -0.05) is 27.2 Å². The standard InChI is InChI=1S/C15H20O4/c1-4-5-10-18-15(17)12-6-8-13(9-7-12)19-14(16)11(2)3/h6-9,11H,4-5,10H2,1-3H3. The van der Waals surface area contributed by atoms with Crippen LogP contribution in [0.5, 0.6) is 5.75 Å². The first kappa shape index (κ1) is 15.2. The van der Waals surface area contributed by atoms with Gasteiger partial charge in [0.2, 0.25) is 0 Å². The maximum Gasteiger partial charge on any atom is 0.338 e. The molecular formula is C15H20O4. The Hall–Kier alpha value is -1.84. The van der Waals surface area contributed by atoms with E-state index in [4.69, 9.17) is 9.47 Å². The lowest BCUT2D eigenvalue weighted by Gasteiger charge is -2.07. The van der Waals surface area contributed by atoms with Gasteiger partial charge in [0.25, 0.3) is 0 Å². The summed E-state index contributed by atoms with van der Waals surface area (Å²) < 4.78 is 10.2. The third-order valence-corrected chi connectivity index (χ3v) is 2.51. The van der Waals surface area contributed by atoms with Gasteiger partial charge in [0.15, 0.2) is 0 Å². The number of benzene rings is 1. The Morgan fingerprint density at radius 2 is 1.79 bits per heavy atom. The summed E-state index contributed by atoms with van der Waals surface area (Å²) in [5.74, 6) is -0.393. The van der Waals surface area contributed by atoms with Crippen molar-refractivity contribution in [3.05, 3.63) is 29.8 Å². The highest BCUT2D eigenvalue weighted by atomic mass is 16.5. The summed E-state index contributed by atoms with van der Waals surface area (Å²) in [7, 11) is 0. The summed E-state index contributed by atoms with van der Waals surface area (Å²) in [4.78, 5) is 23.0. The number of esters is 2. The van der Waals surface area contributed by atoms with Gasteiger partial charge in [-0.3, -0.25) is 4.79 Å². The van der Waals surface area contributed by atoms with Crippen molar-refractivity contribution in [2.75, 3.05) is 6.61 Å². The van der Waals surface area contributed by atoms with Gasteiger partial charge in [0, 0.05) is 0 Å². The van der Waals surface area contributed by atoms with Crippen LogP contribution in [0.2, 0.25) is 0 Å². The van der Waals surface area contributed by atoms with Gasteiger partial charge in [-0.25, -0.2) is 4.79 Å². The van der Waals surface area contributed by atoms with Gasteiger partial charge in [0.1, 0.15) is 5.75 Å². The van der Waals surface area contributed by atoms with E-state index in [0.29, 0.717) is 17.9 Å². The predicted octanol–water partition coefficient (Wildman–Crippen LogP) is 3.20. The van der Waals surface area contributed by atoms with Gasteiger partial charge < -0.3 is 9.47 Å². The highest BCUT2D eigenvalue weighted by Gasteiger charge is 2.11. The molecule has 0 saturated carbocycles. The first-order valence-corrected chi connectivity index (χ1v) is 6.53. The first-order chi connectivity index (χ1) is 9.04. The van der Waals surface area contributed by atoms with Gasteiger partial charge in [-0.2, -0.15) is 0 Å². The first-order valence-electron chi connectivity index (χ1n) is 6.53. The molecule has 0 radical (unpaired) electrons. The van der Waals surface area contributed by atoms with Gasteiger partial charge in [-0.15, -0.1) is 0 Å². The van der Waals surface area contributed by atoms with E-state index >= 15 is 0 Å². The fourth-order valence-corrected chi connectivity index (χ4v) is 1.29. The minimum atomic E-state index is -0.352. The van der Waals surface area contributed by atoms with Crippen LogP contribution in [0.25, 0.3) is 0 Å². The zero-order valence-corrected chi connectivity index (χ0v) is 11.6. The molecule has 4 nitrogen and oxygen atoms in total. The molecule has 1 aromatic rings. The number of unbranched alkanes of at least 4 members (excludes halogenated alkanes) is 1. The normalized spacial score (nSPS) is 10.3. The Kier molecular flexibility index (Phi) is 6.06. The Bertz CT molecular complexity index is 420. The van der Waals surface area contributed by atoms with E-state index in [0.717, 1.165) is 12.8 Å². The number of hydrogen-bond acceptors (Lipinski definition) is 4. The van der Waals surface area contributed by atoms with Crippen LogP contribution in [0.4, 0.5) is 0 Å². The summed E-state index contributed by atoms with van der Waals surface area (Å²) >= 11 is 0. The van der Waals surface area contributed by atoms with Crippen LogP contribution in [0.3, 0.4) is 0 Å². The summed E-state index contributed by atoms with van der Waals surface area (Å²) in [6, 6.07) is 6.38. The molecule has 4 heteroatoms. The zero-order valence-electron chi connectivity index (χ0n) is 11.6. The summed E-state index contributed by atoms with van der Waals surface area (Å²) in [6.07, 6.45) is 1.84. The summed E-state index contributed by atoms with van der Waals surface area (Å²) in [6.45, 7) is 5.99. The number of carbonyl (C=O) groups excluding carboxylic acids is 2. The van der Waals surface area contributed by atoms with E-state index in [9.17, 15) is 9.59 Å². The molecule has 104 valence electrons. The third-order valence-electron chi connectivity index (χ3n) is 2.51. The number of carbonyl (C=O) groups is 2. The molecule has 0 N–H and O–H groups in total.